The third-order valence-electron chi connectivity index (χ3n) is 4.57. The lowest BCUT2D eigenvalue weighted by Crippen LogP contribution is -2.10. The number of aryl methyl sites for hydroxylation is 2. The van der Waals surface area contributed by atoms with Gasteiger partial charge in [-0.25, -0.2) is 4.39 Å². The summed E-state index contributed by atoms with van der Waals surface area (Å²) in [6.45, 7) is 4.04. The summed E-state index contributed by atoms with van der Waals surface area (Å²) in [6, 6.07) is 9.11. The van der Waals surface area contributed by atoms with E-state index in [2.05, 4.69) is 11.4 Å². The number of carbonyl (C=O) groups is 1. The lowest BCUT2D eigenvalue weighted by molar-refractivity contribution is 0.269. The summed E-state index contributed by atoms with van der Waals surface area (Å²) in [7, 11) is 0. The summed E-state index contributed by atoms with van der Waals surface area (Å²) in [4.78, 5) is 11.8. The van der Waals surface area contributed by atoms with Crippen molar-refractivity contribution in [2.75, 3.05) is 11.6 Å². The van der Waals surface area contributed by atoms with E-state index in [0.29, 0.717) is 5.92 Å². The number of benzene rings is 2. The van der Waals surface area contributed by atoms with E-state index in [9.17, 15) is 9.18 Å². The molecule has 3 nitrogen and oxygen atoms in total. The monoisotopic (exact) mass is 359 g/mol. The van der Waals surface area contributed by atoms with Crippen LogP contribution in [0.4, 0.5) is 14.9 Å². The predicted molar refractivity (Wildman–Crippen MR) is 101 cm³/mol. The van der Waals surface area contributed by atoms with Crippen LogP contribution in [0.1, 0.15) is 41.0 Å². The zero-order valence-corrected chi connectivity index (χ0v) is 15.5. The molecule has 2 aromatic rings. The molecule has 0 spiro atoms. The Balaban J connectivity index is 1.88. The van der Waals surface area contributed by atoms with Crippen molar-refractivity contribution >= 4 is 22.7 Å². The van der Waals surface area contributed by atoms with Crippen LogP contribution in [0.5, 0.6) is 5.75 Å². The number of hydrogen-bond acceptors (Lipinski definition) is 3. The van der Waals surface area contributed by atoms with E-state index in [1.54, 1.807) is 12.3 Å². The summed E-state index contributed by atoms with van der Waals surface area (Å²) >= 11 is 1.13. The van der Waals surface area contributed by atoms with Crippen molar-refractivity contribution in [3.63, 3.8) is 0 Å². The van der Waals surface area contributed by atoms with Gasteiger partial charge in [0, 0.05) is 11.3 Å². The second kappa shape index (κ2) is 7.48. The molecule has 0 aromatic heterocycles. The summed E-state index contributed by atoms with van der Waals surface area (Å²) in [5.41, 5.74) is 4.75. The van der Waals surface area contributed by atoms with E-state index >= 15 is 0 Å². The number of nitrogens with one attached hydrogen (secondary N) is 1. The summed E-state index contributed by atoms with van der Waals surface area (Å²) in [5, 5.41) is 2.79. The first-order valence-corrected chi connectivity index (χ1v) is 9.58. The van der Waals surface area contributed by atoms with Gasteiger partial charge in [0.05, 0.1) is 0 Å². The molecule has 3 rings (SSSR count). The molecule has 0 aliphatic heterocycles. The Morgan fingerprint density at radius 3 is 2.68 bits per heavy atom. The van der Waals surface area contributed by atoms with Crippen molar-refractivity contribution in [3.05, 3.63) is 58.4 Å². The molecule has 1 aliphatic rings. The van der Waals surface area contributed by atoms with Crippen LogP contribution in [-0.2, 0) is 6.61 Å². The Hall–Kier alpha value is -2.01. The number of anilines is 1. The molecule has 25 heavy (non-hydrogen) atoms. The third-order valence-corrected chi connectivity index (χ3v) is 5.04. The van der Waals surface area contributed by atoms with Crippen LogP contribution < -0.4 is 10.1 Å². The van der Waals surface area contributed by atoms with Crippen LogP contribution in [-0.4, -0.2) is 11.5 Å². The molecule has 1 N–H and O–H groups in total. The minimum atomic E-state index is -0.360. The van der Waals surface area contributed by atoms with Crippen LogP contribution in [0.15, 0.2) is 30.3 Å². The molecular formula is C20H22FNO2S. The van der Waals surface area contributed by atoms with Crippen molar-refractivity contribution in [2.45, 2.75) is 39.2 Å². The molecule has 0 saturated heterocycles. The number of halogens is 1. The Morgan fingerprint density at radius 1 is 1.28 bits per heavy atom. The molecule has 0 unspecified atom stereocenters. The topological polar surface area (TPSA) is 38.3 Å². The van der Waals surface area contributed by atoms with Crippen molar-refractivity contribution in [1.82, 2.24) is 0 Å². The number of rotatable bonds is 5. The normalized spacial score (nSPS) is 13.6. The molecule has 1 fully saturated rings. The minimum Gasteiger partial charge on any atom is -0.486 e. The maximum atomic E-state index is 14.2. The minimum absolute atomic E-state index is 0.119. The van der Waals surface area contributed by atoms with Gasteiger partial charge in [0.1, 0.15) is 6.61 Å². The first-order chi connectivity index (χ1) is 12.0. The molecule has 2 aromatic carbocycles. The maximum absolute atomic E-state index is 14.2. The molecule has 1 saturated carbocycles. The van der Waals surface area contributed by atoms with E-state index in [0.717, 1.165) is 47.0 Å². The van der Waals surface area contributed by atoms with Gasteiger partial charge < -0.3 is 10.1 Å². The van der Waals surface area contributed by atoms with Crippen molar-refractivity contribution in [1.29, 1.82) is 0 Å². The van der Waals surface area contributed by atoms with Gasteiger partial charge in [0.2, 0.25) is 0 Å². The highest BCUT2D eigenvalue weighted by atomic mass is 32.2. The summed E-state index contributed by atoms with van der Waals surface area (Å²) in [6.07, 6.45) is 4.02. The fourth-order valence-electron chi connectivity index (χ4n) is 2.84. The molecule has 0 bridgehead atoms. The standard InChI is InChI=1S/C20H22FNO2S/c1-12-9-17(21)19(10-13(12)2)24-11-16-15(14-7-8-14)5-4-6-18(16)22-20(23)25-3/h4-6,9-10,14H,7-8,11H2,1-3H3,(H,22,23). The SMILES string of the molecule is CSC(=O)Nc1cccc(C2CC2)c1COc1cc(C)c(C)cc1F. The number of ether oxygens (including phenoxy) is 1. The number of thioether (sulfide) groups is 1. The van der Waals surface area contributed by atoms with Crippen molar-refractivity contribution in [2.24, 2.45) is 0 Å². The Labute approximate surface area is 152 Å². The van der Waals surface area contributed by atoms with Crippen LogP contribution in [0.25, 0.3) is 0 Å². The first-order valence-electron chi connectivity index (χ1n) is 8.36. The molecule has 0 heterocycles. The first kappa shape index (κ1) is 17.8. The van der Waals surface area contributed by atoms with Gasteiger partial charge in [-0.2, -0.15) is 0 Å². The van der Waals surface area contributed by atoms with Crippen LogP contribution in [0.2, 0.25) is 0 Å². The zero-order chi connectivity index (χ0) is 18.0. The third kappa shape index (κ3) is 4.15. The molecule has 132 valence electrons. The number of amides is 1. The number of hydrogen-bond donors (Lipinski definition) is 1. The van der Waals surface area contributed by atoms with E-state index in [4.69, 9.17) is 4.74 Å². The fourth-order valence-corrected chi connectivity index (χ4v) is 3.05. The molecular weight excluding hydrogens is 337 g/mol. The Kier molecular flexibility index (Phi) is 5.33. The quantitative estimate of drug-likeness (QED) is 0.734. The summed E-state index contributed by atoms with van der Waals surface area (Å²) < 4.78 is 20.0. The number of carbonyl (C=O) groups excluding carboxylic acids is 1. The van der Waals surface area contributed by atoms with E-state index in [-0.39, 0.29) is 23.4 Å². The summed E-state index contributed by atoms with van der Waals surface area (Å²) in [5.74, 6) is 0.395. The molecule has 5 heteroatoms. The highest BCUT2D eigenvalue weighted by Crippen LogP contribution is 2.43. The van der Waals surface area contributed by atoms with Crippen LogP contribution in [0, 0.1) is 19.7 Å². The molecule has 0 atom stereocenters. The highest BCUT2D eigenvalue weighted by molar-refractivity contribution is 8.13. The van der Waals surface area contributed by atoms with Gasteiger partial charge >= 0.3 is 0 Å². The Morgan fingerprint density at radius 2 is 2.00 bits per heavy atom. The van der Waals surface area contributed by atoms with Gasteiger partial charge in [-0.15, -0.1) is 0 Å². The smallest absolute Gasteiger partial charge is 0.283 e. The second-order valence-electron chi connectivity index (χ2n) is 6.42. The lowest BCUT2D eigenvalue weighted by Gasteiger charge is -2.17. The van der Waals surface area contributed by atoms with Gasteiger partial charge in [-0.1, -0.05) is 23.9 Å². The van der Waals surface area contributed by atoms with E-state index < -0.39 is 0 Å². The maximum Gasteiger partial charge on any atom is 0.283 e. The van der Waals surface area contributed by atoms with Gasteiger partial charge in [-0.3, -0.25) is 4.79 Å². The van der Waals surface area contributed by atoms with Gasteiger partial charge in [-0.05, 0) is 73.8 Å². The fraction of sp³-hybridized carbons (Fsp3) is 0.350. The lowest BCUT2D eigenvalue weighted by atomic mass is 10.0. The average Bonchev–Trinajstić information content (AvgIpc) is 3.42. The zero-order valence-electron chi connectivity index (χ0n) is 14.7. The van der Waals surface area contributed by atoms with Gasteiger partial charge in [0.25, 0.3) is 5.24 Å². The van der Waals surface area contributed by atoms with Gasteiger partial charge in [0.15, 0.2) is 11.6 Å². The average molecular weight is 359 g/mol. The Bertz CT molecular complexity index is 803. The largest absolute Gasteiger partial charge is 0.486 e. The molecule has 1 amide bonds. The molecule has 1 aliphatic carbocycles. The predicted octanol–water partition coefficient (Wildman–Crippen LogP) is 5.79. The van der Waals surface area contributed by atoms with E-state index in [1.807, 2.05) is 26.0 Å². The van der Waals surface area contributed by atoms with E-state index in [1.165, 1.54) is 11.6 Å². The molecule has 0 radical (unpaired) electrons. The van der Waals surface area contributed by atoms with Crippen molar-refractivity contribution < 1.29 is 13.9 Å². The highest BCUT2D eigenvalue weighted by Gasteiger charge is 2.27. The van der Waals surface area contributed by atoms with Crippen LogP contribution in [0.3, 0.4) is 0 Å². The van der Waals surface area contributed by atoms with Crippen molar-refractivity contribution in [3.8, 4) is 5.75 Å². The second-order valence-corrected chi connectivity index (χ2v) is 7.20. The van der Waals surface area contributed by atoms with Crippen LogP contribution >= 0.6 is 11.8 Å².